The van der Waals surface area contributed by atoms with Gasteiger partial charge >= 0.3 is 12.2 Å². The van der Waals surface area contributed by atoms with Crippen LogP contribution in [0.15, 0.2) is 48.9 Å². The number of pyridine rings is 1. The Morgan fingerprint density at radius 2 is 1.96 bits per heavy atom. The Balaban J connectivity index is 1.76. The number of benzene rings is 1. The standard InChI is InChI=1S/C14H10F3N5O/c15-14(16,17)9-3-1-4-10(7-9)20-13(23)21-11-5-2-6-22-12(11)18-8-19-22/h1-8H,(H2,20,21,23). The Kier molecular flexibility index (Phi) is 3.61. The molecule has 0 saturated heterocycles. The van der Waals surface area contributed by atoms with Gasteiger partial charge in [0.2, 0.25) is 0 Å². The Labute approximate surface area is 128 Å². The van der Waals surface area contributed by atoms with Crippen LogP contribution < -0.4 is 10.6 Å². The third-order valence-corrected chi connectivity index (χ3v) is 3.00. The number of aromatic nitrogens is 3. The summed E-state index contributed by atoms with van der Waals surface area (Å²) >= 11 is 0. The van der Waals surface area contributed by atoms with E-state index in [4.69, 9.17) is 0 Å². The zero-order valence-electron chi connectivity index (χ0n) is 11.5. The Morgan fingerprint density at radius 1 is 1.13 bits per heavy atom. The number of halogens is 3. The molecule has 0 radical (unpaired) electrons. The molecule has 2 N–H and O–H groups in total. The highest BCUT2D eigenvalue weighted by Gasteiger charge is 2.30. The number of alkyl halides is 3. The van der Waals surface area contributed by atoms with Gasteiger partial charge in [0, 0.05) is 11.9 Å². The molecule has 118 valence electrons. The van der Waals surface area contributed by atoms with Gasteiger partial charge in [-0.1, -0.05) is 6.07 Å². The van der Waals surface area contributed by atoms with Crippen molar-refractivity contribution in [2.45, 2.75) is 6.18 Å². The van der Waals surface area contributed by atoms with Crippen LogP contribution in [0.1, 0.15) is 5.56 Å². The van der Waals surface area contributed by atoms with Gasteiger partial charge in [-0.3, -0.25) is 0 Å². The van der Waals surface area contributed by atoms with Crippen molar-refractivity contribution < 1.29 is 18.0 Å². The number of hydrogen-bond acceptors (Lipinski definition) is 3. The van der Waals surface area contributed by atoms with Crippen LogP contribution in [-0.4, -0.2) is 20.6 Å². The van der Waals surface area contributed by atoms with Crippen LogP contribution in [0.5, 0.6) is 0 Å². The van der Waals surface area contributed by atoms with Gasteiger partial charge in [-0.25, -0.2) is 14.3 Å². The molecule has 0 aliphatic carbocycles. The highest BCUT2D eigenvalue weighted by molar-refractivity contribution is 6.01. The van der Waals surface area contributed by atoms with Crippen LogP contribution in [0.4, 0.5) is 29.3 Å². The van der Waals surface area contributed by atoms with E-state index < -0.39 is 17.8 Å². The molecule has 2 aromatic heterocycles. The number of nitrogens with one attached hydrogen (secondary N) is 2. The van der Waals surface area contributed by atoms with E-state index in [-0.39, 0.29) is 5.69 Å². The number of carbonyl (C=O) groups excluding carboxylic acids is 1. The third kappa shape index (κ3) is 3.23. The van der Waals surface area contributed by atoms with Crippen LogP contribution in [0.2, 0.25) is 0 Å². The number of fused-ring (bicyclic) bond motifs is 1. The molecule has 0 spiro atoms. The fourth-order valence-corrected chi connectivity index (χ4v) is 2.00. The maximum absolute atomic E-state index is 12.6. The van der Waals surface area contributed by atoms with Crippen molar-refractivity contribution in [3.05, 3.63) is 54.5 Å². The highest BCUT2D eigenvalue weighted by Crippen LogP contribution is 2.30. The highest BCUT2D eigenvalue weighted by atomic mass is 19.4. The molecule has 3 aromatic rings. The van der Waals surface area contributed by atoms with Gasteiger partial charge in [-0.2, -0.15) is 18.3 Å². The third-order valence-electron chi connectivity index (χ3n) is 3.00. The SMILES string of the molecule is O=C(Nc1cccc(C(F)(F)F)c1)Nc1cccn2ncnc12. The Morgan fingerprint density at radius 3 is 2.74 bits per heavy atom. The summed E-state index contributed by atoms with van der Waals surface area (Å²) in [7, 11) is 0. The number of carbonyl (C=O) groups is 1. The average Bonchev–Trinajstić information content (AvgIpc) is 2.96. The maximum Gasteiger partial charge on any atom is 0.416 e. The first-order valence-electron chi connectivity index (χ1n) is 6.47. The van der Waals surface area contributed by atoms with Crippen molar-refractivity contribution in [3.63, 3.8) is 0 Å². The summed E-state index contributed by atoms with van der Waals surface area (Å²) < 4.78 is 39.4. The molecule has 6 nitrogen and oxygen atoms in total. The first-order chi connectivity index (χ1) is 10.9. The molecule has 0 saturated carbocycles. The largest absolute Gasteiger partial charge is 0.416 e. The van der Waals surface area contributed by atoms with E-state index in [9.17, 15) is 18.0 Å². The summed E-state index contributed by atoms with van der Waals surface area (Å²) in [4.78, 5) is 15.9. The summed E-state index contributed by atoms with van der Waals surface area (Å²) in [6, 6.07) is 6.96. The van der Waals surface area contributed by atoms with Gasteiger partial charge in [0.15, 0.2) is 5.65 Å². The molecular formula is C14H10F3N5O. The molecule has 2 heterocycles. The second kappa shape index (κ2) is 5.59. The number of rotatable bonds is 2. The molecule has 0 fully saturated rings. The van der Waals surface area contributed by atoms with Gasteiger partial charge in [-0.15, -0.1) is 0 Å². The molecular weight excluding hydrogens is 311 g/mol. The average molecular weight is 321 g/mol. The smallest absolute Gasteiger partial charge is 0.308 e. The minimum atomic E-state index is -4.47. The van der Waals surface area contributed by atoms with Gasteiger partial charge in [0.1, 0.15) is 6.33 Å². The molecule has 0 atom stereocenters. The first kappa shape index (κ1) is 14.8. The lowest BCUT2D eigenvalue weighted by atomic mass is 10.2. The Hall–Kier alpha value is -3.10. The molecule has 1 aromatic carbocycles. The predicted molar refractivity (Wildman–Crippen MR) is 77.1 cm³/mol. The zero-order valence-corrected chi connectivity index (χ0v) is 11.5. The van der Waals surface area contributed by atoms with E-state index in [1.165, 1.54) is 23.0 Å². The summed E-state index contributed by atoms with van der Waals surface area (Å²) in [5.41, 5.74) is 0.00164. The van der Waals surface area contributed by atoms with Crippen LogP contribution in [0.25, 0.3) is 5.65 Å². The maximum atomic E-state index is 12.6. The van der Waals surface area contributed by atoms with Crippen LogP contribution in [-0.2, 0) is 6.18 Å². The minimum absolute atomic E-state index is 0.0331. The summed E-state index contributed by atoms with van der Waals surface area (Å²) in [5, 5.41) is 8.79. The first-order valence-corrected chi connectivity index (χ1v) is 6.47. The van der Waals surface area contributed by atoms with E-state index in [0.717, 1.165) is 12.1 Å². The molecule has 3 rings (SSSR count). The van der Waals surface area contributed by atoms with Crippen molar-refractivity contribution in [1.29, 1.82) is 0 Å². The molecule has 0 aliphatic rings. The predicted octanol–water partition coefficient (Wildman–Crippen LogP) is 3.39. The quantitative estimate of drug-likeness (QED) is 0.760. The van der Waals surface area contributed by atoms with Gasteiger partial charge in [-0.05, 0) is 30.3 Å². The molecule has 0 unspecified atom stereocenters. The van der Waals surface area contributed by atoms with Gasteiger partial charge < -0.3 is 10.6 Å². The lowest BCUT2D eigenvalue weighted by Crippen LogP contribution is -2.20. The van der Waals surface area contributed by atoms with Crippen LogP contribution in [0.3, 0.4) is 0 Å². The Bertz CT molecular complexity index is 859. The molecule has 0 aliphatic heterocycles. The van der Waals surface area contributed by atoms with Crippen molar-refractivity contribution >= 4 is 23.1 Å². The zero-order chi connectivity index (χ0) is 16.4. The minimum Gasteiger partial charge on any atom is -0.308 e. The summed E-state index contributed by atoms with van der Waals surface area (Å²) in [5.74, 6) is 0. The van der Waals surface area contributed by atoms with Crippen LogP contribution >= 0.6 is 0 Å². The van der Waals surface area contributed by atoms with Crippen molar-refractivity contribution in [2.24, 2.45) is 0 Å². The van der Waals surface area contributed by atoms with E-state index in [1.807, 2.05) is 0 Å². The summed E-state index contributed by atoms with van der Waals surface area (Å²) in [6.07, 6.45) is -1.50. The normalized spacial score (nSPS) is 11.4. The number of urea groups is 1. The van der Waals surface area contributed by atoms with Crippen molar-refractivity contribution in [3.8, 4) is 0 Å². The van der Waals surface area contributed by atoms with Gasteiger partial charge in [0.25, 0.3) is 0 Å². The van der Waals surface area contributed by atoms with Crippen LogP contribution in [0, 0.1) is 0 Å². The fraction of sp³-hybridized carbons (Fsp3) is 0.0714. The molecule has 23 heavy (non-hydrogen) atoms. The lowest BCUT2D eigenvalue weighted by molar-refractivity contribution is -0.137. The van der Waals surface area contributed by atoms with Crippen molar-refractivity contribution in [2.75, 3.05) is 10.6 Å². The monoisotopic (exact) mass is 321 g/mol. The number of nitrogens with zero attached hydrogens (tertiary/aromatic N) is 3. The lowest BCUT2D eigenvalue weighted by Gasteiger charge is -2.11. The second-order valence-electron chi connectivity index (χ2n) is 4.61. The van der Waals surface area contributed by atoms with E-state index in [2.05, 4.69) is 20.7 Å². The summed E-state index contributed by atoms with van der Waals surface area (Å²) in [6.45, 7) is 0. The number of amides is 2. The van der Waals surface area contributed by atoms with Gasteiger partial charge in [0.05, 0.1) is 11.3 Å². The van der Waals surface area contributed by atoms with Crippen molar-refractivity contribution in [1.82, 2.24) is 14.6 Å². The second-order valence-corrected chi connectivity index (χ2v) is 4.61. The number of hydrogen-bond donors (Lipinski definition) is 2. The molecule has 9 heteroatoms. The fourth-order valence-electron chi connectivity index (χ4n) is 2.00. The van der Waals surface area contributed by atoms with E-state index >= 15 is 0 Å². The number of anilines is 2. The van der Waals surface area contributed by atoms with E-state index in [1.54, 1.807) is 18.3 Å². The molecule has 0 bridgehead atoms. The van der Waals surface area contributed by atoms with E-state index in [0.29, 0.717) is 11.3 Å². The topological polar surface area (TPSA) is 71.3 Å². The molecule has 2 amide bonds.